The van der Waals surface area contributed by atoms with Crippen molar-refractivity contribution in [1.82, 2.24) is 4.90 Å². The largest absolute Gasteiger partial charge is 0.416 e. The van der Waals surface area contributed by atoms with Crippen LogP contribution in [0.25, 0.3) is 0 Å². The first-order valence-corrected chi connectivity index (χ1v) is 10.7. The van der Waals surface area contributed by atoms with Crippen LogP contribution in [0, 0.1) is 5.89 Å². The average Bonchev–Trinajstić information content (AvgIpc) is 3.01. The molecular formula is C29H37F3N2O. The van der Waals surface area contributed by atoms with Gasteiger partial charge in [-0.2, -0.15) is 13.2 Å². The van der Waals surface area contributed by atoms with Crippen LogP contribution in [0.3, 0.4) is 0 Å². The van der Waals surface area contributed by atoms with Crippen LogP contribution in [0.2, 0.25) is 0 Å². The van der Waals surface area contributed by atoms with E-state index in [1.807, 2.05) is 0 Å². The summed E-state index contributed by atoms with van der Waals surface area (Å²) in [5, 5.41) is 3.83. The Labute approximate surface area is 234 Å². The normalized spacial score (nSPS) is 41.7. The number of oxime groups is 1. The highest BCUT2D eigenvalue weighted by Gasteiger charge is 2.36. The standard InChI is InChI=1S/C29H37F3N2O/c1-4-23-17-25(11-12-26(23)18-34-14-5-15-34)21(3)33-35-19-22-8-13-27(28(16-22)29(30,31)32)24-9-6-20(2)7-10-24/h8,11-13,16-17,20,24H,4-7,9-10,14-15,18-19H2,1-3H3/b33-21+/i1D3,4D2,5D,6D2,7D2,9D2,10D2,14D2,15D2,20D. The van der Waals surface area contributed by atoms with E-state index in [4.69, 9.17) is 30.9 Å². The number of halogens is 3. The molecule has 3 nitrogen and oxygen atoms in total. The summed E-state index contributed by atoms with van der Waals surface area (Å²) in [7, 11) is 0. The molecule has 2 aromatic rings. The molecule has 0 unspecified atom stereocenters. The predicted molar refractivity (Wildman–Crippen MR) is 135 cm³/mol. The van der Waals surface area contributed by atoms with Gasteiger partial charge in [-0.15, -0.1) is 0 Å². The smallest absolute Gasteiger partial charge is 0.391 e. The molecule has 0 radical (unpaired) electrons. The number of aryl methyl sites for hydroxylation is 1. The SMILES string of the molecule is [2H]C1C([2H])([2H])N(Cc2ccc(/C(C)=N/OCc3ccc(C4C([2H])([2H])C([2H])([2H])C([2H])(C)C([2H])([2H])C4([2H])[2H])c(C(F)(F)F)c3)cc2C([2H])([2H])C([2H])([2H])[2H])C1([2H])[2H]. The summed E-state index contributed by atoms with van der Waals surface area (Å²) in [5.74, 6) is -5.73. The molecular weight excluding hydrogens is 449 g/mol. The van der Waals surface area contributed by atoms with Crippen molar-refractivity contribution >= 4 is 5.71 Å². The Kier molecular flexibility index (Phi) is 3.49. The molecule has 0 bridgehead atoms. The number of hydrogen-bond acceptors (Lipinski definition) is 3. The number of hydrogen-bond donors (Lipinski definition) is 0. The second-order valence-corrected chi connectivity index (χ2v) is 7.95. The second-order valence-electron chi connectivity index (χ2n) is 7.95. The average molecular weight is 506 g/mol. The molecule has 4 rings (SSSR count). The molecule has 2 fully saturated rings. The van der Waals surface area contributed by atoms with Gasteiger partial charge in [0.15, 0.2) is 0 Å². The number of rotatable bonds is 8. The van der Waals surface area contributed by atoms with E-state index in [1.165, 1.54) is 19.1 Å². The Hall–Kier alpha value is -2.34. The summed E-state index contributed by atoms with van der Waals surface area (Å²) in [4.78, 5) is 5.90. The van der Waals surface area contributed by atoms with Crippen molar-refractivity contribution in [3.05, 3.63) is 69.8 Å². The van der Waals surface area contributed by atoms with E-state index in [-0.39, 0.29) is 22.4 Å². The van der Waals surface area contributed by atoms with E-state index in [9.17, 15) is 13.2 Å². The van der Waals surface area contributed by atoms with Crippen molar-refractivity contribution < 1.29 is 44.1 Å². The lowest BCUT2D eigenvalue weighted by Gasteiger charge is -2.31. The number of alkyl halides is 3. The Morgan fingerprint density at radius 3 is 2.66 bits per heavy atom. The highest BCUT2D eigenvalue weighted by molar-refractivity contribution is 5.98. The summed E-state index contributed by atoms with van der Waals surface area (Å²) in [6, 6.07) is 5.79. The molecule has 0 atom stereocenters. The summed E-state index contributed by atoms with van der Waals surface area (Å²) in [6.45, 7) is -7.48. The van der Waals surface area contributed by atoms with E-state index in [2.05, 4.69) is 5.16 Å². The van der Waals surface area contributed by atoms with Crippen LogP contribution < -0.4 is 0 Å². The maximum Gasteiger partial charge on any atom is 0.416 e. The van der Waals surface area contributed by atoms with Gasteiger partial charge in [0.2, 0.25) is 0 Å². The molecule has 35 heavy (non-hydrogen) atoms. The third kappa shape index (κ3) is 6.46. The van der Waals surface area contributed by atoms with Crippen molar-refractivity contribution in [2.24, 2.45) is 11.0 Å². The molecule has 6 heteroatoms. The fourth-order valence-electron chi connectivity index (χ4n) is 3.50. The van der Waals surface area contributed by atoms with Crippen molar-refractivity contribution in [2.45, 2.75) is 84.2 Å². The van der Waals surface area contributed by atoms with E-state index < -0.39 is 106 Å². The van der Waals surface area contributed by atoms with E-state index in [0.717, 1.165) is 12.1 Å². The zero-order valence-electron chi connectivity index (χ0n) is 38.0. The highest BCUT2D eigenvalue weighted by atomic mass is 19.4. The quantitative estimate of drug-likeness (QED) is 0.271. The number of nitrogens with zero attached hydrogens (tertiary/aromatic N) is 2. The first kappa shape index (κ1) is 11.0. The second kappa shape index (κ2) is 11.2. The lowest BCUT2D eigenvalue weighted by Crippen LogP contribution is -2.36. The Morgan fingerprint density at radius 1 is 1.17 bits per heavy atom. The molecule has 1 aliphatic heterocycles. The monoisotopic (exact) mass is 505 g/mol. The van der Waals surface area contributed by atoms with Crippen LogP contribution >= 0.6 is 0 Å². The molecule has 1 aliphatic carbocycles. The van der Waals surface area contributed by atoms with Gasteiger partial charge in [0.25, 0.3) is 0 Å². The van der Waals surface area contributed by atoms with Crippen LogP contribution in [0.4, 0.5) is 13.2 Å². The fraction of sp³-hybridized carbons (Fsp3) is 0.552. The molecule has 0 spiro atoms. The molecule has 2 aliphatic rings. The minimum atomic E-state index is -5.28. The first-order valence-electron chi connectivity index (χ1n) is 20.2. The maximum absolute atomic E-state index is 14.5. The Bertz CT molecular complexity index is 1760. The Morgan fingerprint density at radius 2 is 1.94 bits per heavy atom. The van der Waals surface area contributed by atoms with E-state index in [1.54, 1.807) is 0 Å². The Balaban J connectivity index is 1.69. The minimum Gasteiger partial charge on any atom is -0.391 e. The third-order valence-corrected chi connectivity index (χ3v) is 5.41. The lowest BCUT2D eigenvalue weighted by molar-refractivity contribution is -0.138. The summed E-state index contributed by atoms with van der Waals surface area (Å²) >= 11 is 0. The van der Waals surface area contributed by atoms with Crippen LogP contribution in [0.1, 0.15) is 118 Å². The van der Waals surface area contributed by atoms with E-state index in [0.29, 0.717) is 24.0 Å². The van der Waals surface area contributed by atoms with Gasteiger partial charge < -0.3 is 4.84 Å². The van der Waals surface area contributed by atoms with Crippen LogP contribution in [0.15, 0.2) is 41.6 Å². The number of benzene rings is 2. The molecule has 1 heterocycles. The van der Waals surface area contributed by atoms with Gasteiger partial charge >= 0.3 is 6.18 Å². The van der Waals surface area contributed by atoms with Gasteiger partial charge in [-0.25, -0.2) is 0 Å². The van der Waals surface area contributed by atoms with Crippen LogP contribution in [-0.4, -0.2) is 23.6 Å². The maximum atomic E-state index is 14.5. The molecule has 0 amide bonds. The summed E-state index contributed by atoms with van der Waals surface area (Å²) in [5.41, 5.74) is -3.48. The molecule has 190 valence electrons. The minimum absolute atomic E-state index is 0.0378. The molecule has 0 aromatic heterocycles. The van der Waals surface area contributed by atoms with Crippen molar-refractivity contribution in [3.63, 3.8) is 0 Å². The summed E-state index contributed by atoms with van der Waals surface area (Å²) < 4.78 is 199. The first-order chi connectivity index (χ1) is 23.9. The van der Waals surface area contributed by atoms with Crippen molar-refractivity contribution in [2.75, 3.05) is 13.0 Å². The van der Waals surface area contributed by atoms with Crippen molar-refractivity contribution in [3.8, 4) is 0 Å². The van der Waals surface area contributed by atoms with Gasteiger partial charge in [-0.3, -0.25) is 4.90 Å². The predicted octanol–water partition coefficient (Wildman–Crippen LogP) is 7.71. The zero-order chi connectivity index (χ0) is 41.8. The topological polar surface area (TPSA) is 24.8 Å². The molecule has 1 saturated heterocycles. The number of likely N-dealkylation sites (tertiary alicyclic amines) is 1. The fourth-order valence-corrected chi connectivity index (χ4v) is 3.50. The molecule has 0 N–H and O–H groups in total. The van der Waals surface area contributed by atoms with Gasteiger partial charge in [-0.05, 0) is 97.2 Å². The molecule has 2 aromatic carbocycles. The van der Waals surface area contributed by atoms with Gasteiger partial charge in [0.1, 0.15) is 6.61 Å². The van der Waals surface area contributed by atoms with Gasteiger partial charge in [-0.1, -0.05) is 55.9 Å². The lowest BCUT2D eigenvalue weighted by atomic mass is 9.78. The van der Waals surface area contributed by atoms with E-state index >= 15 is 0 Å². The summed E-state index contributed by atoms with van der Waals surface area (Å²) in [6.07, 6.45) is -24.1. The zero-order valence-corrected chi connectivity index (χ0v) is 19.0. The van der Waals surface area contributed by atoms with Gasteiger partial charge in [0.05, 0.1) is 11.3 Å². The third-order valence-electron chi connectivity index (χ3n) is 5.41. The van der Waals surface area contributed by atoms with Crippen molar-refractivity contribution in [1.29, 1.82) is 0 Å². The highest BCUT2D eigenvalue weighted by Crippen LogP contribution is 2.42. The van der Waals surface area contributed by atoms with Crippen LogP contribution in [-0.2, 0) is 30.5 Å². The van der Waals surface area contributed by atoms with Crippen LogP contribution in [0.5, 0.6) is 0 Å². The van der Waals surface area contributed by atoms with Gasteiger partial charge in [0, 0.05) is 32.6 Å². The molecule has 1 saturated carbocycles.